The highest BCUT2D eigenvalue weighted by Gasteiger charge is 2.39. The first-order valence-corrected chi connectivity index (χ1v) is 11.9. The molecule has 0 amide bonds. The van der Waals surface area contributed by atoms with Crippen LogP contribution in [0.5, 0.6) is 0 Å². The van der Waals surface area contributed by atoms with Crippen LogP contribution >= 0.6 is 0 Å². The van der Waals surface area contributed by atoms with Crippen molar-refractivity contribution in [3.8, 4) is 11.1 Å². The minimum Gasteiger partial charge on any atom is -0.344 e. The number of aromatic nitrogens is 1. The second-order valence-corrected chi connectivity index (χ2v) is 11.0. The Morgan fingerprint density at radius 3 is 2.12 bits per heavy atom. The molecule has 0 aliphatic heterocycles. The van der Waals surface area contributed by atoms with Crippen LogP contribution in [0, 0.1) is 0 Å². The average Bonchev–Trinajstić information content (AvgIpc) is 3.29. The summed E-state index contributed by atoms with van der Waals surface area (Å²) in [6.45, 7) is 9.59. The van der Waals surface area contributed by atoms with Gasteiger partial charge in [0.1, 0.15) is 0 Å². The lowest BCUT2D eigenvalue weighted by Gasteiger charge is -2.25. The molecule has 0 fully saturated rings. The fourth-order valence-corrected chi connectivity index (χ4v) is 6.91. The van der Waals surface area contributed by atoms with Gasteiger partial charge in [0.25, 0.3) is 0 Å². The third kappa shape index (κ3) is 2.01. The molecular formula is C31H29N. The first-order valence-electron chi connectivity index (χ1n) is 11.9. The van der Waals surface area contributed by atoms with Crippen LogP contribution in [0.15, 0.2) is 66.3 Å². The standard InChI is InChI=1S/C31H29N/c1-30(2)24-12-8-6-10-18(24)20-16-28-22(14-26(20)30)23-15-27-21(17-29(23)32(28)5)19-11-7-9-13-25(19)31(27,3)4/h6-8,10-12,14-17H,9,13H2,1-5H3. The van der Waals surface area contributed by atoms with E-state index in [4.69, 9.17) is 0 Å². The quantitative estimate of drug-likeness (QED) is 0.274. The maximum absolute atomic E-state index is 2.51. The Bertz CT molecular complexity index is 1570. The van der Waals surface area contributed by atoms with Crippen LogP contribution in [-0.4, -0.2) is 4.57 Å². The van der Waals surface area contributed by atoms with Crippen molar-refractivity contribution in [3.63, 3.8) is 0 Å². The Balaban J connectivity index is 1.57. The average molecular weight is 416 g/mol. The summed E-state index contributed by atoms with van der Waals surface area (Å²) in [5.74, 6) is 0. The van der Waals surface area contributed by atoms with E-state index in [1.807, 2.05) is 0 Å². The molecule has 1 heterocycles. The lowest BCUT2D eigenvalue weighted by atomic mass is 9.78. The molecule has 0 atom stereocenters. The number of benzene rings is 3. The Hall–Kier alpha value is -3.06. The molecule has 0 bridgehead atoms. The second kappa shape index (κ2) is 5.64. The van der Waals surface area contributed by atoms with Gasteiger partial charge in [0.05, 0.1) is 0 Å². The van der Waals surface area contributed by atoms with E-state index in [0.717, 1.165) is 0 Å². The maximum Gasteiger partial charge on any atom is 0.0495 e. The van der Waals surface area contributed by atoms with Crippen LogP contribution in [0.4, 0.5) is 0 Å². The normalized spacial score (nSPS) is 19.4. The van der Waals surface area contributed by atoms with Crippen LogP contribution < -0.4 is 0 Å². The zero-order chi connectivity index (χ0) is 22.0. The molecule has 158 valence electrons. The predicted octanol–water partition coefficient (Wildman–Crippen LogP) is 8.03. The smallest absolute Gasteiger partial charge is 0.0495 e. The van der Waals surface area contributed by atoms with E-state index in [-0.39, 0.29) is 10.8 Å². The highest BCUT2D eigenvalue weighted by molar-refractivity contribution is 6.12. The number of allylic oxidation sites excluding steroid dienone is 4. The van der Waals surface area contributed by atoms with Crippen molar-refractivity contribution in [2.24, 2.45) is 7.05 Å². The molecule has 1 nitrogen and oxygen atoms in total. The lowest BCUT2D eigenvalue weighted by molar-refractivity contribution is 0.608. The molecule has 1 heteroatoms. The van der Waals surface area contributed by atoms with Crippen molar-refractivity contribution in [1.29, 1.82) is 0 Å². The van der Waals surface area contributed by atoms with Gasteiger partial charge in [-0.05, 0) is 76.1 Å². The molecule has 7 rings (SSSR count). The van der Waals surface area contributed by atoms with Crippen molar-refractivity contribution in [2.75, 3.05) is 0 Å². The summed E-state index contributed by atoms with van der Waals surface area (Å²) in [6.07, 6.45) is 7.07. The van der Waals surface area contributed by atoms with Crippen molar-refractivity contribution < 1.29 is 0 Å². The minimum atomic E-state index is 0.0315. The molecular weight excluding hydrogens is 386 g/mol. The third-order valence-corrected chi connectivity index (χ3v) is 8.74. The Labute approximate surface area is 190 Å². The molecule has 0 spiro atoms. The number of aryl methyl sites for hydroxylation is 1. The molecule has 3 aliphatic carbocycles. The topological polar surface area (TPSA) is 4.93 Å². The molecule has 0 saturated carbocycles. The summed E-state index contributed by atoms with van der Waals surface area (Å²) in [5, 5.41) is 2.79. The third-order valence-electron chi connectivity index (χ3n) is 8.74. The van der Waals surface area contributed by atoms with E-state index in [0.29, 0.717) is 0 Å². The summed E-state index contributed by atoms with van der Waals surface area (Å²) >= 11 is 0. The van der Waals surface area contributed by atoms with Gasteiger partial charge in [-0.15, -0.1) is 0 Å². The van der Waals surface area contributed by atoms with Crippen molar-refractivity contribution >= 4 is 27.4 Å². The fraction of sp³-hybridized carbons (Fsp3) is 0.290. The van der Waals surface area contributed by atoms with Crippen molar-refractivity contribution in [3.05, 3.63) is 88.5 Å². The Kier molecular flexibility index (Phi) is 3.26. The van der Waals surface area contributed by atoms with E-state index >= 15 is 0 Å². The largest absolute Gasteiger partial charge is 0.344 e. The van der Waals surface area contributed by atoms with Gasteiger partial charge in [-0.25, -0.2) is 0 Å². The van der Waals surface area contributed by atoms with Gasteiger partial charge in [0, 0.05) is 39.7 Å². The number of fused-ring (bicyclic) bond motifs is 8. The zero-order valence-corrected chi connectivity index (χ0v) is 19.6. The van der Waals surface area contributed by atoms with Gasteiger partial charge >= 0.3 is 0 Å². The van der Waals surface area contributed by atoms with Gasteiger partial charge in [-0.1, -0.05) is 69.7 Å². The van der Waals surface area contributed by atoms with Crippen LogP contribution in [0.3, 0.4) is 0 Å². The first kappa shape index (κ1) is 18.5. The maximum atomic E-state index is 2.51. The second-order valence-electron chi connectivity index (χ2n) is 11.0. The summed E-state index contributed by atoms with van der Waals surface area (Å²) in [4.78, 5) is 0. The van der Waals surface area contributed by atoms with Crippen molar-refractivity contribution in [2.45, 2.75) is 51.4 Å². The molecule has 4 aromatic rings. The van der Waals surface area contributed by atoms with E-state index in [1.54, 1.807) is 5.57 Å². The molecule has 3 aliphatic rings. The summed E-state index contributed by atoms with van der Waals surface area (Å²) in [6, 6.07) is 18.9. The van der Waals surface area contributed by atoms with Crippen LogP contribution in [0.2, 0.25) is 0 Å². The van der Waals surface area contributed by atoms with Crippen LogP contribution in [-0.2, 0) is 17.9 Å². The van der Waals surface area contributed by atoms with Gasteiger partial charge in [-0.2, -0.15) is 0 Å². The number of rotatable bonds is 0. The molecule has 0 saturated heterocycles. The SMILES string of the molecule is Cn1c2cc3c(cc2c2cc4c(cc21)-c1ccccc1C4(C)C)C(C)(C)C1=C3C=CCC1. The monoisotopic (exact) mass is 415 g/mol. The van der Waals surface area contributed by atoms with Crippen LogP contribution in [0.1, 0.15) is 62.8 Å². The van der Waals surface area contributed by atoms with Gasteiger partial charge in [0.15, 0.2) is 0 Å². The number of hydrogen-bond donors (Lipinski definition) is 0. The number of nitrogens with zero attached hydrogens (tertiary/aromatic N) is 1. The summed E-state index contributed by atoms with van der Waals surface area (Å²) in [7, 11) is 2.24. The predicted molar refractivity (Wildman–Crippen MR) is 136 cm³/mol. The first-order chi connectivity index (χ1) is 15.3. The van der Waals surface area contributed by atoms with Gasteiger partial charge in [0.2, 0.25) is 0 Å². The van der Waals surface area contributed by atoms with E-state index in [1.165, 1.54) is 73.6 Å². The minimum absolute atomic E-state index is 0.0315. The summed E-state index contributed by atoms with van der Waals surface area (Å²) < 4.78 is 2.41. The van der Waals surface area contributed by atoms with E-state index in [2.05, 4.69) is 100.0 Å². The summed E-state index contributed by atoms with van der Waals surface area (Å²) in [5.41, 5.74) is 14.5. The number of hydrogen-bond acceptors (Lipinski definition) is 0. The molecule has 0 N–H and O–H groups in total. The lowest BCUT2D eigenvalue weighted by Crippen LogP contribution is -2.17. The van der Waals surface area contributed by atoms with Crippen molar-refractivity contribution in [1.82, 2.24) is 4.57 Å². The molecule has 1 aromatic heterocycles. The highest BCUT2D eigenvalue weighted by Crippen LogP contribution is 2.53. The van der Waals surface area contributed by atoms with E-state index in [9.17, 15) is 0 Å². The highest BCUT2D eigenvalue weighted by atomic mass is 14.9. The van der Waals surface area contributed by atoms with Gasteiger partial charge < -0.3 is 4.57 Å². The van der Waals surface area contributed by atoms with Gasteiger partial charge in [-0.3, -0.25) is 0 Å². The molecule has 0 radical (unpaired) electrons. The Morgan fingerprint density at radius 1 is 0.719 bits per heavy atom. The molecule has 3 aromatic carbocycles. The Morgan fingerprint density at radius 2 is 1.38 bits per heavy atom. The van der Waals surface area contributed by atoms with Crippen LogP contribution in [0.25, 0.3) is 38.5 Å². The molecule has 0 unspecified atom stereocenters. The van der Waals surface area contributed by atoms with E-state index < -0.39 is 0 Å². The molecule has 32 heavy (non-hydrogen) atoms. The zero-order valence-electron chi connectivity index (χ0n) is 19.6. The fourth-order valence-electron chi connectivity index (χ4n) is 6.91.